The second-order valence-corrected chi connectivity index (χ2v) is 4.04. The highest BCUT2D eigenvalue weighted by molar-refractivity contribution is 5.82. The van der Waals surface area contributed by atoms with E-state index in [9.17, 15) is 4.39 Å². The van der Waals surface area contributed by atoms with Gasteiger partial charge < -0.3 is 5.73 Å². The number of hydrogen-bond acceptors (Lipinski definition) is 2. The largest absolute Gasteiger partial charge is 0.322 e. The van der Waals surface area contributed by atoms with E-state index in [1.54, 1.807) is 12.1 Å². The van der Waals surface area contributed by atoms with Crippen LogP contribution in [0, 0.1) is 11.7 Å². The first-order valence-electron chi connectivity index (χ1n) is 4.99. The van der Waals surface area contributed by atoms with Crippen LogP contribution in [0.25, 0.3) is 10.9 Å². The van der Waals surface area contributed by atoms with Crippen LogP contribution in [0.2, 0.25) is 0 Å². The maximum absolute atomic E-state index is 13.6. The van der Waals surface area contributed by atoms with E-state index >= 15 is 0 Å². The van der Waals surface area contributed by atoms with E-state index in [2.05, 4.69) is 10.2 Å². The number of nitrogens with one attached hydrogen (secondary N) is 1. The third-order valence-corrected chi connectivity index (χ3v) is 2.61. The monoisotopic (exact) mass is 207 g/mol. The summed E-state index contributed by atoms with van der Waals surface area (Å²) >= 11 is 0. The molecule has 3 nitrogen and oxygen atoms in total. The number of nitrogens with two attached hydrogens (primary N) is 1. The second-order valence-electron chi connectivity index (χ2n) is 4.04. The highest BCUT2D eigenvalue weighted by Crippen LogP contribution is 2.26. The highest BCUT2D eigenvalue weighted by Gasteiger charge is 2.18. The number of halogens is 1. The summed E-state index contributed by atoms with van der Waals surface area (Å²) < 4.78 is 13.6. The van der Waals surface area contributed by atoms with Crippen LogP contribution in [-0.2, 0) is 0 Å². The molecule has 0 aliphatic rings. The highest BCUT2D eigenvalue weighted by atomic mass is 19.1. The number of nitrogens with zero attached hydrogens (tertiary/aromatic N) is 1. The van der Waals surface area contributed by atoms with Crippen molar-refractivity contribution in [2.75, 3.05) is 0 Å². The first-order valence-corrected chi connectivity index (χ1v) is 4.99. The van der Waals surface area contributed by atoms with Crippen molar-refractivity contribution >= 4 is 10.9 Å². The Hall–Kier alpha value is -1.42. The van der Waals surface area contributed by atoms with Gasteiger partial charge in [0.15, 0.2) is 0 Å². The van der Waals surface area contributed by atoms with Gasteiger partial charge >= 0.3 is 0 Å². The summed E-state index contributed by atoms with van der Waals surface area (Å²) in [5.41, 5.74) is 7.28. The van der Waals surface area contributed by atoms with Gasteiger partial charge in [-0.15, -0.1) is 0 Å². The van der Waals surface area contributed by atoms with Crippen LogP contribution in [0.4, 0.5) is 4.39 Å². The van der Waals surface area contributed by atoms with Crippen molar-refractivity contribution in [3.05, 3.63) is 29.7 Å². The van der Waals surface area contributed by atoms with Crippen molar-refractivity contribution in [2.45, 2.75) is 19.9 Å². The van der Waals surface area contributed by atoms with Crippen LogP contribution >= 0.6 is 0 Å². The predicted octanol–water partition coefficient (Wildman–Crippen LogP) is 2.36. The van der Waals surface area contributed by atoms with Gasteiger partial charge in [-0.2, -0.15) is 5.10 Å². The SMILES string of the molecule is CC(C)C(N)c1[nH]nc2cccc(F)c12. The van der Waals surface area contributed by atoms with Crippen LogP contribution in [0.1, 0.15) is 25.6 Å². The fourth-order valence-corrected chi connectivity index (χ4v) is 1.62. The van der Waals surface area contributed by atoms with E-state index < -0.39 is 0 Å². The molecule has 2 rings (SSSR count). The maximum atomic E-state index is 13.6. The van der Waals surface area contributed by atoms with Gasteiger partial charge in [-0.3, -0.25) is 5.10 Å². The van der Waals surface area contributed by atoms with E-state index in [4.69, 9.17) is 5.73 Å². The molecule has 0 spiro atoms. The number of rotatable bonds is 2. The van der Waals surface area contributed by atoms with Gasteiger partial charge in [-0.25, -0.2) is 4.39 Å². The minimum Gasteiger partial charge on any atom is -0.322 e. The number of H-pyrrole nitrogens is 1. The lowest BCUT2D eigenvalue weighted by Crippen LogP contribution is -2.17. The average molecular weight is 207 g/mol. The zero-order chi connectivity index (χ0) is 11.0. The molecule has 0 amide bonds. The van der Waals surface area contributed by atoms with Crippen molar-refractivity contribution in [3.8, 4) is 0 Å². The Morgan fingerprint density at radius 3 is 2.80 bits per heavy atom. The fourth-order valence-electron chi connectivity index (χ4n) is 1.62. The molecular formula is C11H14FN3. The third kappa shape index (κ3) is 1.61. The van der Waals surface area contributed by atoms with Crippen LogP contribution in [0.5, 0.6) is 0 Å². The molecule has 0 fully saturated rings. The summed E-state index contributed by atoms with van der Waals surface area (Å²) in [6.45, 7) is 4.00. The number of hydrogen-bond donors (Lipinski definition) is 2. The van der Waals surface area contributed by atoms with Crippen LogP contribution in [0.3, 0.4) is 0 Å². The van der Waals surface area contributed by atoms with Crippen molar-refractivity contribution in [2.24, 2.45) is 11.7 Å². The standard InChI is InChI=1S/C11H14FN3/c1-6(2)10(13)11-9-7(12)4-3-5-8(9)14-15-11/h3-6,10H,13H2,1-2H3,(H,14,15). The van der Waals surface area contributed by atoms with Crippen LogP contribution in [0.15, 0.2) is 18.2 Å². The molecule has 2 aromatic rings. The molecule has 1 unspecified atom stereocenters. The lowest BCUT2D eigenvalue weighted by Gasteiger charge is -2.13. The Morgan fingerprint density at radius 2 is 2.13 bits per heavy atom. The van der Waals surface area contributed by atoms with Crippen LogP contribution < -0.4 is 5.73 Å². The van der Waals surface area contributed by atoms with Crippen LogP contribution in [-0.4, -0.2) is 10.2 Å². The average Bonchev–Trinajstić information content (AvgIpc) is 2.61. The van der Waals surface area contributed by atoms with Crippen molar-refractivity contribution < 1.29 is 4.39 Å². The van der Waals surface area contributed by atoms with E-state index in [-0.39, 0.29) is 17.8 Å². The first kappa shape index (κ1) is 10.1. The fraction of sp³-hybridized carbons (Fsp3) is 0.364. The number of aromatic amines is 1. The second kappa shape index (κ2) is 3.62. The first-order chi connectivity index (χ1) is 7.11. The van der Waals surface area contributed by atoms with Crippen molar-refractivity contribution in [1.29, 1.82) is 0 Å². The smallest absolute Gasteiger partial charge is 0.134 e. The molecule has 15 heavy (non-hydrogen) atoms. The zero-order valence-corrected chi connectivity index (χ0v) is 8.79. The summed E-state index contributed by atoms with van der Waals surface area (Å²) in [6.07, 6.45) is 0. The Morgan fingerprint density at radius 1 is 1.40 bits per heavy atom. The third-order valence-electron chi connectivity index (χ3n) is 2.61. The molecule has 0 saturated heterocycles. The minimum absolute atomic E-state index is 0.216. The molecule has 4 heteroatoms. The quantitative estimate of drug-likeness (QED) is 0.794. The molecule has 1 aromatic carbocycles. The van der Waals surface area contributed by atoms with Gasteiger partial charge in [0.1, 0.15) is 5.82 Å². The Kier molecular flexibility index (Phi) is 2.44. The molecule has 0 radical (unpaired) electrons. The molecule has 3 N–H and O–H groups in total. The summed E-state index contributed by atoms with van der Waals surface area (Å²) in [4.78, 5) is 0. The molecule has 1 heterocycles. The van der Waals surface area contributed by atoms with E-state index in [1.165, 1.54) is 6.07 Å². The predicted molar refractivity (Wildman–Crippen MR) is 57.8 cm³/mol. The molecule has 1 atom stereocenters. The maximum Gasteiger partial charge on any atom is 0.134 e. The van der Waals surface area contributed by atoms with E-state index in [0.29, 0.717) is 16.6 Å². The Labute approximate surface area is 87.5 Å². The number of fused-ring (bicyclic) bond motifs is 1. The lowest BCUT2D eigenvalue weighted by atomic mass is 9.99. The summed E-state index contributed by atoms with van der Waals surface area (Å²) in [6, 6.07) is 4.62. The number of aromatic nitrogens is 2. The van der Waals surface area contributed by atoms with Gasteiger partial charge in [0, 0.05) is 6.04 Å². The minimum atomic E-state index is -0.271. The van der Waals surface area contributed by atoms with Gasteiger partial charge in [0.25, 0.3) is 0 Å². The molecule has 0 aliphatic heterocycles. The van der Waals surface area contributed by atoms with Gasteiger partial charge in [0.05, 0.1) is 16.6 Å². The summed E-state index contributed by atoms with van der Waals surface area (Å²) in [5, 5.41) is 7.37. The van der Waals surface area contributed by atoms with Gasteiger partial charge in [-0.1, -0.05) is 19.9 Å². The summed E-state index contributed by atoms with van der Waals surface area (Å²) in [7, 11) is 0. The molecule has 0 saturated carbocycles. The molecule has 1 aromatic heterocycles. The Balaban J connectivity index is 2.62. The summed E-state index contributed by atoms with van der Waals surface area (Å²) in [5.74, 6) is -0.0272. The van der Waals surface area contributed by atoms with Gasteiger partial charge in [-0.05, 0) is 18.1 Å². The van der Waals surface area contributed by atoms with Gasteiger partial charge in [0.2, 0.25) is 0 Å². The molecule has 0 bridgehead atoms. The van der Waals surface area contributed by atoms with Crippen molar-refractivity contribution in [1.82, 2.24) is 10.2 Å². The van der Waals surface area contributed by atoms with E-state index in [0.717, 1.165) is 0 Å². The van der Waals surface area contributed by atoms with Crippen molar-refractivity contribution in [3.63, 3.8) is 0 Å². The van der Waals surface area contributed by atoms with E-state index in [1.807, 2.05) is 13.8 Å². The molecule has 0 aliphatic carbocycles. The molecular weight excluding hydrogens is 193 g/mol. The zero-order valence-electron chi connectivity index (χ0n) is 8.79. The Bertz CT molecular complexity index is 476. The topological polar surface area (TPSA) is 54.7 Å². The molecule has 80 valence electrons. The number of benzene rings is 1. The normalized spacial score (nSPS) is 13.7. The lowest BCUT2D eigenvalue weighted by molar-refractivity contribution is 0.503.